The normalized spacial score (nSPS) is 14.4. The second kappa shape index (κ2) is 14.6. The fraction of sp³-hybridized carbons (Fsp3) is 0.0303. The number of benzene rings is 11. The van der Waals surface area contributed by atoms with Crippen LogP contribution in [0.4, 0.5) is 17.1 Å². The van der Waals surface area contributed by atoms with Gasteiger partial charge >= 0.3 is 0 Å². The van der Waals surface area contributed by atoms with Gasteiger partial charge in [0.05, 0.1) is 22.2 Å². The topological polar surface area (TPSA) is 12.5 Å². The van der Waals surface area contributed by atoms with Gasteiger partial charge in [-0.25, -0.2) is 0 Å². The van der Waals surface area contributed by atoms with Gasteiger partial charge < -0.3 is 9.64 Å². The Kier molecular flexibility index (Phi) is 8.17. The van der Waals surface area contributed by atoms with Crippen molar-refractivity contribution in [2.75, 3.05) is 4.90 Å². The molecule has 0 fully saturated rings. The van der Waals surface area contributed by atoms with Crippen LogP contribution in [0.2, 0.25) is 0 Å². The first-order valence-electron chi connectivity index (χ1n) is 23.8. The van der Waals surface area contributed by atoms with Gasteiger partial charge in [0.15, 0.2) is 0 Å². The van der Waals surface area contributed by atoms with Crippen LogP contribution in [-0.2, 0) is 10.8 Å². The molecule has 322 valence electrons. The van der Waals surface area contributed by atoms with E-state index in [0.717, 1.165) is 50.8 Å². The van der Waals surface area contributed by atoms with Crippen LogP contribution in [0, 0.1) is 0 Å². The summed E-state index contributed by atoms with van der Waals surface area (Å²) in [5, 5.41) is 2.43. The van der Waals surface area contributed by atoms with Crippen LogP contribution in [-0.4, -0.2) is 0 Å². The third-order valence-electron chi connectivity index (χ3n) is 15.4. The highest BCUT2D eigenvalue weighted by Gasteiger charge is 2.53. The van der Waals surface area contributed by atoms with E-state index in [1.54, 1.807) is 0 Å². The molecule has 4 aliphatic rings. The van der Waals surface area contributed by atoms with Gasteiger partial charge in [-0.1, -0.05) is 212 Å². The molecule has 3 heteroatoms. The Balaban J connectivity index is 1.07. The zero-order chi connectivity index (χ0) is 45.3. The van der Waals surface area contributed by atoms with Crippen LogP contribution in [0.1, 0.15) is 44.5 Å². The summed E-state index contributed by atoms with van der Waals surface area (Å²) in [4.78, 5) is 5.16. The molecule has 11 aromatic rings. The highest BCUT2D eigenvalue weighted by atomic mass is 32.2. The summed E-state index contributed by atoms with van der Waals surface area (Å²) in [5.41, 5.74) is 19.7. The van der Waals surface area contributed by atoms with Gasteiger partial charge in [-0.2, -0.15) is 0 Å². The fourth-order valence-electron chi connectivity index (χ4n) is 12.8. The largest absolute Gasteiger partial charge is 0.457 e. The van der Waals surface area contributed by atoms with Gasteiger partial charge in [0.25, 0.3) is 0 Å². The minimum absolute atomic E-state index is 0.506. The summed E-state index contributed by atoms with van der Waals surface area (Å²) in [7, 11) is 0. The number of hydrogen-bond acceptors (Lipinski definition) is 3. The van der Waals surface area contributed by atoms with Gasteiger partial charge in [0.2, 0.25) is 0 Å². The van der Waals surface area contributed by atoms with Gasteiger partial charge in [-0.15, -0.1) is 0 Å². The Bertz CT molecular complexity index is 3850. The van der Waals surface area contributed by atoms with E-state index in [-0.39, 0.29) is 0 Å². The molecule has 69 heavy (non-hydrogen) atoms. The van der Waals surface area contributed by atoms with Crippen molar-refractivity contribution in [3.63, 3.8) is 0 Å². The molecule has 0 saturated heterocycles. The van der Waals surface area contributed by atoms with E-state index in [9.17, 15) is 0 Å². The van der Waals surface area contributed by atoms with E-state index in [4.69, 9.17) is 4.74 Å². The van der Waals surface area contributed by atoms with E-state index in [1.165, 1.54) is 76.2 Å². The molecule has 2 aliphatic carbocycles. The summed E-state index contributed by atoms with van der Waals surface area (Å²) in [6.45, 7) is 0. The first-order chi connectivity index (χ1) is 34.2. The van der Waals surface area contributed by atoms with E-state index in [0.29, 0.717) is 0 Å². The second-order valence-electron chi connectivity index (χ2n) is 18.6. The van der Waals surface area contributed by atoms with Crippen molar-refractivity contribution in [2.45, 2.75) is 20.6 Å². The van der Waals surface area contributed by atoms with Crippen molar-refractivity contribution in [1.29, 1.82) is 0 Å². The molecular formula is C66H41NOS. The fourth-order valence-corrected chi connectivity index (χ4v) is 14.0. The molecule has 11 aromatic carbocycles. The Morgan fingerprint density at radius 1 is 0.333 bits per heavy atom. The molecule has 15 rings (SSSR count). The van der Waals surface area contributed by atoms with Crippen LogP contribution in [0.25, 0.3) is 44.2 Å². The monoisotopic (exact) mass is 895 g/mol. The minimum atomic E-state index is -0.622. The van der Waals surface area contributed by atoms with Crippen molar-refractivity contribution in [1.82, 2.24) is 0 Å². The van der Waals surface area contributed by atoms with Crippen LogP contribution in [0.15, 0.2) is 259 Å². The number of anilines is 3. The number of ether oxygens (including phenoxy) is 1. The van der Waals surface area contributed by atoms with Gasteiger partial charge in [-0.05, 0) is 115 Å². The smallest absolute Gasteiger partial charge is 0.132 e. The molecule has 0 amide bonds. The first kappa shape index (κ1) is 38.7. The van der Waals surface area contributed by atoms with E-state index in [1.807, 2.05) is 11.8 Å². The van der Waals surface area contributed by atoms with Gasteiger partial charge in [-0.3, -0.25) is 0 Å². The minimum Gasteiger partial charge on any atom is -0.457 e. The molecular weight excluding hydrogens is 855 g/mol. The summed E-state index contributed by atoms with van der Waals surface area (Å²) in [6.07, 6.45) is 0. The molecule has 0 unspecified atom stereocenters. The molecule has 2 spiro atoms. The standard InChI is InChI=1S/C66H41NOS/c1-2-19-42(20-3-1)45-22-6-13-31-57(45)67(44-38-39-47-46-23-4-7-25-49(46)65(56(47)41-44)51-27-9-14-33-59(51)68-60-34-15-10-28-52(60)65)58-32-18-21-43-37-40-55-64(63(43)58)48-24-5-8-26-50(48)66(55)53-29-11-16-35-61(53)69-62-36-17-12-30-54(62)66/h1-41H. The summed E-state index contributed by atoms with van der Waals surface area (Å²) in [6, 6.07) is 92.4. The third kappa shape index (κ3) is 5.12. The first-order valence-corrected chi connectivity index (χ1v) is 24.6. The van der Waals surface area contributed by atoms with Gasteiger partial charge in [0.1, 0.15) is 11.5 Å². The lowest BCUT2D eigenvalue weighted by Crippen LogP contribution is -2.32. The number of hydrogen-bond donors (Lipinski definition) is 0. The lowest BCUT2D eigenvalue weighted by atomic mass is 9.66. The van der Waals surface area contributed by atoms with Crippen LogP contribution in [0.3, 0.4) is 0 Å². The van der Waals surface area contributed by atoms with E-state index in [2.05, 4.69) is 254 Å². The lowest BCUT2D eigenvalue weighted by molar-refractivity contribution is 0.436. The maximum absolute atomic E-state index is 6.77. The quantitative estimate of drug-likeness (QED) is 0.175. The predicted molar refractivity (Wildman–Crippen MR) is 283 cm³/mol. The van der Waals surface area contributed by atoms with Crippen molar-refractivity contribution >= 4 is 39.6 Å². The maximum atomic E-state index is 6.77. The third-order valence-corrected chi connectivity index (χ3v) is 16.5. The molecule has 0 atom stereocenters. The average molecular weight is 896 g/mol. The van der Waals surface area contributed by atoms with Crippen LogP contribution < -0.4 is 9.64 Å². The Hall–Kier alpha value is -8.37. The van der Waals surface area contributed by atoms with Crippen molar-refractivity contribution in [2.24, 2.45) is 0 Å². The molecule has 0 N–H and O–H groups in total. The van der Waals surface area contributed by atoms with Crippen molar-refractivity contribution in [3.8, 4) is 44.9 Å². The lowest BCUT2D eigenvalue weighted by Gasteiger charge is -2.40. The number of rotatable bonds is 4. The summed E-state index contributed by atoms with van der Waals surface area (Å²) >= 11 is 1.89. The Morgan fingerprint density at radius 3 is 1.57 bits per heavy atom. The molecule has 2 aliphatic heterocycles. The SMILES string of the molecule is c1ccc(-c2ccccc2N(c2ccc3c(c2)C2(c4ccccc4Oc4ccccc42)c2ccccc2-3)c2cccc3ccc4c(c23)-c2ccccc2C42c3ccccc3Sc3ccccc32)cc1. The maximum Gasteiger partial charge on any atom is 0.132 e. The molecule has 0 bridgehead atoms. The second-order valence-corrected chi connectivity index (χ2v) is 19.7. The highest BCUT2D eigenvalue weighted by Crippen LogP contribution is 2.66. The molecule has 0 saturated carbocycles. The Morgan fingerprint density at radius 2 is 0.855 bits per heavy atom. The summed E-state index contributed by atoms with van der Waals surface area (Å²) in [5.74, 6) is 1.77. The number of para-hydroxylation sites is 3. The Labute approximate surface area is 405 Å². The van der Waals surface area contributed by atoms with E-state index >= 15 is 0 Å². The van der Waals surface area contributed by atoms with Crippen LogP contribution >= 0.6 is 11.8 Å². The van der Waals surface area contributed by atoms with Gasteiger partial charge in [0, 0.05) is 37.6 Å². The number of nitrogens with zero attached hydrogens (tertiary/aromatic N) is 1. The zero-order valence-corrected chi connectivity index (χ0v) is 38.3. The van der Waals surface area contributed by atoms with Crippen molar-refractivity contribution in [3.05, 3.63) is 293 Å². The average Bonchev–Trinajstić information content (AvgIpc) is 3.87. The number of fused-ring (bicyclic) bond motifs is 20. The molecule has 0 radical (unpaired) electrons. The van der Waals surface area contributed by atoms with E-state index < -0.39 is 10.8 Å². The summed E-state index contributed by atoms with van der Waals surface area (Å²) < 4.78 is 6.77. The van der Waals surface area contributed by atoms with Crippen molar-refractivity contribution < 1.29 is 4.74 Å². The molecule has 0 aromatic heterocycles. The van der Waals surface area contributed by atoms with Crippen LogP contribution in [0.5, 0.6) is 11.5 Å². The predicted octanol–water partition coefficient (Wildman–Crippen LogP) is 17.3. The molecule has 2 nitrogen and oxygen atoms in total. The molecule has 2 heterocycles. The highest BCUT2D eigenvalue weighted by molar-refractivity contribution is 7.99. The zero-order valence-electron chi connectivity index (χ0n) is 37.4.